The first-order valence-electron chi connectivity index (χ1n) is 14.1. The number of aliphatic carboxylic acids is 3. The van der Waals surface area contributed by atoms with Gasteiger partial charge in [0.25, 0.3) is 0 Å². The van der Waals surface area contributed by atoms with Gasteiger partial charge in [-0.25, -0.2) is 23.8 Å². The first kappa shape index (κ1) is 44.5. The molecular weight excluding hydrogens is 732 g/mol. The number of nitriles is 1. The maximum Gasteiger partial charge on any atom is 0.490 e. The number of nitrogens with zero attached hydrogens (tertiary/aromatic N) is 4. The SMILES string of the molecule is Cc1cccnc1-c1cc(-c2ccc(F)cc2)c(C#N)c(OCCN2CCNCC2)n1.O=C(O)C(F)(F)F.O=C(O)C(F)(F)F.O=C(O)C(F)(F)F. The molecule has 1 aliphatic rings. The minimum atomic E-state index is -5.08. The Hall–Kier alpha value is -5.56. The molecule has 2 aromatic heterocycles. The average molecular weight is 760 g/mol. The van der Waals surface area contributed by atoms with E-state index in [-0.39, 0.29) is 11.7 Å². The predicted molar refractivity (Wildman–Crippen MR) is 158 cm³/mol. The third-order valence-corrected chi connectivity index (χ3v) is 6.09. The maximum atomic E-state index is 13.5. The van der Waals surface area contributed by atoms with Crippen LogP contribution in [-0.2, 0) is 14.4 Å². The number of alkyl halides is 9. The predicted octanol–water partition coefficient (Wildman–Crippen LogP) is 5.31. The molecule has 0 spiro atoms. The zero-order chi connectivity index (χ0) is 39.9. The molecule has 0 radical (unpaired) electrons. The van der Waals surface area contributed by atoms with Crippen LogP contribution in [0.4, 0.5) is 43.9 Å². The lowest BCUT2D eigenvalue weighted by Gasteiger charge is -2.27. The monoisotopic (exact) mass is 759 g/mol. The summed E-state index contributed by atoms with van der Waals surface area (Å²) in [6.07, 6.45) is -13.5. The van der Waals surface area contributed by atoms with Gasteiger partial charge in [-0.15, -0.1) is 0 Å². The quantitative estimate of drug-likeness (QED) is 0.238. The average Bonchev–Trinajstić information content (AvgIpc) is 3.05. The van der Waals surface area contributed by atoms with Crippen molar-refractivity contribution < 1.29 is 78.3 Å². The van der Waals surface area contributed by atoms with Gasteiger partial charge in [0.05, 0.1) is 11.4 Å². The number of aryl methyl sites for hydroxylation is 1. The third-order valence-electron chi connectivity index (χ3n) is 6.09. The summed E-state index contributed by atoms with van der Waals surface area (Å²) in [5.41, 5.74) is 4.02. The summed E-state index contributed by atoms with van der Waals surface area (Å²) in [4.78, 5) is 38.1. The molecule has 1 aromatic carbocycles. The van der Waals surface area contributed by atoms with Crippen LogP contribution in [0.5, 0.6) is 5.88 Å². The van der Waals surface area contributed by atoms with E-state index in [1.54, 1.807) is 18.3 Å². The van der Waals surface area contributed by atoms with E-state index in [4.69, 9.17) is 34.4 Å². The zero-order valence-electron chi connectivity index (χ0n) is 26.4. The van der Waals surface area contributed by atoms with Crippen LogP contribution in [0, 0.1) is 24.1 Å². The van der Waals surface area contributed by atoms with Crippen molar-refractivity contribution >= 4 is 17.9 Å². The van der Waals surface area contributed by atoms with Crippen molar-refractivity contribution in [2.75, 3.05) is 39.3 Å². The smallest absolute Gasteiger partial charge is 0.475 e. The second-order valence-electron chi connectivity index (χ2n) is 9.87. The van der Waals surface area contributed by atoms with E-state index in [0.717, 1.165) is 49.5 Å². The standard InChI is InChI=1S/C24H24FN5O.3C2HF3O2/c1-17-3-2-8-28-23(17)22-15-20(18-4-6-19(25)7-5-18)21(16-26)24(29-22)31-14-13-30-11-9-27-10-12-30;3*3-2(4,5)1(6)7/h2-8,15,27H,9-14H2,1H3;3*(H,6,7). The lowest BCUT2D eigenvalue weighted by atomic mass is 9.99. The topological polar surface area (TPSA) is 186 Å². The molecule has 22 heteroatoms. The van der Waals surface area contributed by atoms with Gasteiger partial charge >= 0.3 is 36.4 Å². The Balaban J connectivity index is 0.000000525. The van der Waals surface area contributed by atoms with E-state index in [0.29, 0.717) is 23.4 Å². The van der Waals surface area contributed by atoms with Gasteiger partial charge in [0.2, 0.25) is 5.88 Å². The Morgan fingerprint density at radius 2 is 1.37 bits per heavy atom. The summed E-state index contributed by atoms with van der Waals surface area (Å²) in [5, 5.41) is 34.6. The van der Waals surface area contributed by atoms with Gasteiger partial charge in [-0.2, -0.15) is 44.8 Å². The highest BCUT2D eigenvalue weighted by molar-refractivity contribution is 5.77. The number of pyridine rings is 2. The molecule has 4 rings (SSSR count). The van der Waals surface area contributed by atoms with Crippen molar-refractivity contribution in [1.29, 1.82) is 5.26 Å². The molecule has 1 aliphatic heterocycles. The number of benzene rings is 1. The zero-order valence-corrected chi connectivity index (χ0v) is 26.4. The van der Waals surface area contributed by atoms with Gasteiger partial charge < -0.3 is 25.4 Å². The van der Waals surface area contributed by atoms with Crippen molar-refractivity contribution in [3.63, 3.8) is 0 Å². The Kier molecular flexibility index (Phi) is 16.9. The highest BCUT2D eigenvalue weighted by atomic mass is 19.4. The molecule has 0 saturated carbocycles. The number of carboxylic acid groups (broad SMARTS) is 3. The Morgan fingerprint density at radius 3 is 1.79 bits per heavy atom. The first-order valence-corrected chi connectivity index (χ1v) is 14.1. The minimum absolute atomic E-state index is 0.277. The molecule has 0 amide bonds. The van der Waals surface area contributed by atoms with Crippen LogP contribution in [0.2, 0.25) is 0 Å². The molecule has 3 heterocycles. The summed E-state index contributed by atoms with van der Waals surface area (Å²) in [7, 11) is 0. The van der Waals surface area contributed by atoms with Gasteiger partial charge in [-0.05, 0) is 42.3 Å². The Morgan fingerprint density at radius 1 is 0.885 bits per heavy atom. The van der Waals surface area contributed by atoms with Crippen LogP contribution in [0.25, 0.3) is 22.5 Å². The van der Waals surface area contributed by atoms with Crippen molar-refractivity contribution in [1.82, 2.24) is 20.2 Å². The molecule has 0 bridgehead atoms. The van der Waals surface area contributed by atoms with Gasteiger partial charge in [0.15, 0.2) is 0 Å². The van der Waals surface area contributed by atoms with E-state index in [1.807, 2.05) is 25.1 Å². The van der Waals surface area contributed by atoms with E-state index in [9.17, 15) is 49.2 Å². The summed E-state index contributed by atoms with van der Waals surface area (Å²) in [6.45, 7) is 7.01. The van der Waals surface area contributed by atoms with Gasteiger partial charge in [-0.1, -0.05) is 18.2 Å². The van der Waals surface area contributed by atoms with Crippen LogP contribution in [0.3, 0.4) is 0 Å². The summed E-state index contributed by atoms with van der Waals surface area (Å²) >= 11 is 0. The Bertz CT molecular complexity index is 1630. The fraction of sp³-hybridized carbons (Fsp3) is 0.333. The first-order chi connectivity index (χ1) is 24.0. The molecule has 284 valence electrons. The molecule has 0 aliphatic carbocycles. The van der Waals surface area contributed by atoms with Gasteiger partial charge in [0.1, 0.15) is 24.1 Å². The fourth-order valence-corrected chi connectivity index (χ4v) is 3.67. The number of hydrogen-bond donors (Lipinski definition) is 4. The molecule has 1 fully saturated rings. The van der Waals surface area contributed by atoms with Crippen molar-refractivity contribution in [2.45, 2.75) is 25.5 Å². The number of hydrogen-bond acceptors (Lipinski definition) is 9. The van der Waals surface area contributed by atoms with Gasteiger partial charge in [-0.3, -0.25) is 9.88 Å². The third kappa shape index (κ3) is 15.5. The molecule has 0 atom stereocenters. The second-order valence-corrected chi connectivity index (χ2v) is 9.87. The molecular formula is C30H27F10N5O7. The Labute approximate surface area is 286 Å². The van der Waals surface area contributed by atoms with Crippen LogP contribution >= 0.6 is 0 Å². The van der Waals surface area contributed by atoms with E-state index >= 15 is 0 Å². The minimum Gasteiger partial charge on any atom is -0.475 e. The number of rotatable bonds is 6. The number of halogens is 10. The fourth-order valence-electron chi connectivity index (χ4n) is 3.67. The summed E-state index contributed by atoms with van der Waals surface area (Å²) < 4.78 is 115. The van der Waals surface area contributed by atoms with Crippen molar-refractivity contribution in [2.24, 2.45) is 0 Å². The molecule has 0 unspecified atom stereocenters. The highest BCUT2D eigenvalue weighted by Crippen LogP contribution is 2.34. The number of ether oxygens (including phenoxy) is 1. The molecule has 3 aromatic rings. The van der Waals surface area contributed by atoms with Crippen LogP contribution in [0.1, 0.15) is 11.1 Å². The maximum absolute atomic E-state index is 13.5. The number of piperazine rings is 1. The number of aromatic nitrogens is 2. The highest BCUT2D eigenvalue weighted by Gasteiger charge is 2.39. The lowest BCUT2D eigenvalue weighted by molar-refractivity contribution is -0.193. The number of nitrogens with one attached hydrogen (secondary N) is 1. The van der Waals surface area contributed by atoms with Crippen molar-refractivity contribution in [3.8, 4) is 34.5 Å². The second kappa shape index (κ2) is 19.7. The molecule has 4 N–H and O–H groups in total. The molecule has 1 saturated heterocycles. The van der Waals surface area contributed by atoms with Crippen molar-refractivity contribution in [3.05, 3.63) is 65.6 Å². The van der Waals surface area contributed by atoms with E-state index in [2.05, 4.69) is 26.3 Å². The van der Waals surface area contributed by atoms with Crippen LogP contribution in [-0.4, -0.2) is 106 Å². The lowest BCUT2D eigenvalue weighted by Crippen LogP contribution is -2.44. The van der Waals surface area contributed by atoms with Crippen LogP contribution < -0.4 is 10.1 Å². The number of carboxylic acids is 3. The number of carbonyl (C=O) groups is 3. The normalized spacial score (nSPS) is 13.0. The largest absolute Gasteiger partial charge is 0.490 e. The molecule has 12 nitrogen and oxygen atoms in total. The summed E-state index contributed by atoms with van der Waals surface area (Å²) in [5.74, 6) is -8.32. The van der Waals surface area contributed by atoms with Crippen LogP contribution in [0.15, 0.2) is 48.7 Å². The summed E-state index contributed by atoms with van der Waals surface area (Å²) in [6, 6.07) is 14.0. The van der Waals surface area contributed by atoms with E-state index < -0.39 is 36.4 Å². The van der Waals surface area contributed by atoms with Gasteiger partial charge in [0, 0.05) is 44.5 Å². The van der Waals surface area contributed by atoms with E-state index in [1.165, 1.54) is 12.1 Å². The molecule has 52 heavy (non-hydrogen) atoms.